The Hall–Kier alpha value is -2.37. The molecule has 17 heavy (non-hydrogen) atoms. The molecule has 0 spiro atoms. The highest BCUT2D eigenvalue weighted by atomic mass is 16.3. The molecule has 1 aromatic rings. The van der Waals surface area contributed by atoms with Gasteiger partial charge in [0.25, 0.3) is 0 Å². The van der Waals surface area contributed by atoms with Crippen molar-refractivity contribution >= 4 is 29.1 Å². The van der Waals surface area contributed by atoms with Gasteiger partial charge < -0.3 is 10.8 Å². The summed E-state index contributed by atoms with van der Waals surface area (Å²) in [7, 11) is 0. The number of nitrogens with two attached hydrogens (primary N) is 1. The lowest BCUT2D eigenvalue weighted by Crippen LogP contribution is -2.25. The highest BCUT2D eigenvalue weighted by Gasteiger charge is 2.18. The molecular formula is C11H13N5O. The minimum Gasteiger partial charge on any atom is -0.508 e. The summed E-state index contributed by atoms with van der Waals surface area (Å²) in [6.45, 7) is 2.53. The lowest BCUT2D eigenvalue weighted by molar-refractivity contribution is 0.475. The summed E-state index contributed by atoms with van der Waals surface area (Å²) in [5, 5.41) is 22.6. The van der Waals surface area contributed by atoms with Crippen molar-refractivity contribution in [2.75, 3.05) is 12.3 Å². The summed E-state index contributed by atoms with van der Waals surface area (Å²) < 4.78 is 0. The van der Waals surface area contributed by atoms with Crippen molar-refractivity contribution in [1.29, 1.82) is 5.41 Å². The Balaban J connectivity index is 2.32. The number of nitrogen functional groups attached to an aromatic ring is 1. The monoisotopic (exact) mass is 231 g/mol. The molecule has 1 aliphatic rings. The Labute approximate surface area is 98.6 Å². The van der Waals surface area contributed by atoms with Gasteiger partial charge in [0.2, 0.25) is 0 Å². The quantitative estimate of drug-likeness (QED) is 0.670. The fraction of sp³-hybridized carbons (Fsp3) is 0.182. The lowest BCUT2D eigenvalue weighted by atomic mass is 10.2. The van der Waals surface area contributed by atoms with Gasteiger partial charge in [-0.2, -0.15) is 5.10 Å². The van der Waals surface area contributed by atoms with Crippen molar-refractivity contribution in [3.05, 3.63) is 18.2 Å². The molecule has 0 amide bonds. The van der Waals surface area contributed by atoms with Crippen LogP contribution in [-0.4, -0.2) is 34.4 Å². The molecule has 6 nitrogen and oxygen atoms in total. The van der Waals surface area contributed by atoms with Gasteiger partial charge in [0, 0.05) is 12.6 Å². The van der Waals surface area contributed by atoms with Crippen molar-refractivity contribution < 1.29 is 5.11 Å². The van der Waals surface area contributed by atoms with Gasteiger partial charge in [0.15, 0.2) is 5.84 Å². The SMILES string of the molecule is CCN1N=CC(=Nc2ccc(O)cc2N)C1=N. The summed E-state index contributed by atoms with van der Waals surface area (Å²) in [6, 6.07) is 4.53. The predicted octanol–water partition coefficient (Wildman–Crippen LogP) is 1.35. The van der Waals surface area contributed by atoms with Crippen LogP contribution in [0.25, 0.3) is 0 Å². The minimum atomic E-state index is 0.0943. The minimum absolute atomic E-state index is 0.0943. The Bertz CT molecular complexity index is 521. The molecular weight excluding hydrogens is 218 g/mol. The zero-order chi connectivity index (χ0) is 12.4. The molecule has 4 N–H and O–H groups in total. The van der Waals surface area contributed by atoms with E-state index in [4.69, 9.17) is 11.1 Å². The van der Waals surface area contributed by atoms with E-state index in [1.165, 1.54) is 23.4 Å². The van der Waals surface area contributed by atoms with E-state index in [9.17, 15) is 5.11 Å². The summed E-state index contributed by atoms with van der Waals surface area (Å²) in [5.74, 6) is 0.344. The first-order chi connectivity index (χ1) is 8.11. The molecule has 88 valence electrons. The van der Waals surface area contributed by atoms with Gasteiger partial charge >= 0.3 is 0 Å². The van der Waals surface area contributed by atoms with Crippen LogP contribution in [0.2, 0.25) is 0 Å². The van der Waals surface area contributed by atoms with Crippen LogP contribution in [0, 0.1) is 5.41 Å². The number of nitrogens with one attached hydrogen (secondary N) is 1. The fourth-order valence-electron chi connectivity index (χ4n) is 1.47. The number of phenolic OH excluding ortho intramolecular Hbond substituents is 1. The first kappa shape index (κ1) is 11.1. The molecule has 1 aliphatic heterocycles. The van der Waals surface area contributed by atoms with E-state index in [0.717, 1.165) is 0 Å². The van der Waals surface area contributed by atoms with Crippen molar-refractivity contribution in [3.8, 4) is 5.75 Å². The third-order valence-electron chi connectivity index (χ3n) is 2.37. The number of aliphatic imine (C=N–C) groups is 1. The first-order valence-electron chi connectivity index (χ1n) is 5.19. The molecule has 6 heteroatoms. The van der Waals surface area contributed by atoms with Gasteiger partial charge in [0.05, 0.1) is 17.6 Å². The summed E-state index contributed by atoms with van der Waals surface area (Å²) in [5.41, 5.74) is 7.07. The summed E-state index contributed by atoms with van der Waals surface area (Å²) >= 11 is 0. The number of phenols is 1. The zero-order valence-electron chi connectivity index (χ0n) is 9.38. The zero-order valence-corrected chi connectivity index (χ0v) is 9.38. The second-order valence-electron chi connectivity index (χ2n) is 3.55. The van der Waals surface area contributed by atoms with E-state index in [2.05, 4.69) is 10.1 Å². The fourth-order valence-corrected chi connectivity index (χ4v) is 1.47. The lowest BCUT2D eigenvalue weighted by Gasteiger charge is -2.09. The Morgan fingerprint density at radius 2 is 2.29 bits per heavy atom. The van der Waals surface area contributed by atoms with E-state index in [0.29, 0.717) is 23.6 Å². The number of rotatable bonds is 2. The maximum absolute atomic E-state index is 9.23. The molecule has 0 aromatic heterocycles. The third kappa shape index (κ3) is 2.10. The molecule has 0 aliphatic carbocycles. The van der Waals surface area contributed by atoms with Gasteiger partial charge in [-0.3, -0.25) is 5.41 Å². The van der Waals surface area contributed by atoms with Gasteiger partial charge in [-0.25, -0.2) is 10.0 Å². The predicted molar refractivity (Wildman–Crippen MR) is 68.2 cm³/mol. The summed E-state index contributed by atoms with van der Waals surface area (Å²) in [4.78, 5) is 4.24. The van der Waals surface area contributed by atoms with Crippen LogP contribution in [0.4, 0.5) is 11.4 Å². The molecule has 0 fully saturated rings. The van der Waals surface area contributed by atoms with Crippen LogP contribution in [0.5, 0.6) is 5.75 Å². The second kappa shape index (κ2) is 4.25. The number of amidine groups is 1. The van der Waals surface area contributed by atoms with E-state index >= 15 is 0 Å². The average Bonchev–Trinajstić information content (AvgIpc) is 2.64. The Morgan fingerprint density at radius 1 is 1.53 bits per heavy atom. The molecule has 0 atom stereocenters. The standard InChI is InChI=1S/C11H13N5O/c1-2-16-11(13)10(6-14-16)15-9-4-3-7(17)5-8(9)12/h3-6,13,17H,2,12H2,1H3. The third-order valence-corrected chi connectivity index (χ3v) is 2.37. The summed E-state index contributed by atoms with van der Waals surface area (Å²) in [6.07, 6.45) is 1.53. The van der Waals surface area contributed by atoms with Gasteiger partial charge in [0.1, 0.15) is 11.5 Å². The molecule has 0 saturated heterocycles. The normalized spacial score (nSPS) is 17.1. The molecule has 0 bridgehead atoms. The topological polar surface area (TPSA) is 98.1 Å². The van der Waals surface area contributed by atoms with Crippen LogP contribution in [-0.2, 0) is 0 Å². The molecule has 0 saturated carbocycles. The molecule has 2 rings (SSSR count). The number of hydrogen-bond donors (Lipinski definition) is 3. The van der Waals surface area contributed by atoms with E-state index in [-0.39, 0.29) is 11.6 Å². The van der Waals surface area contributed by atoms with E-state index in [1.54, 1.807) is 6.07 Å². The average molecular weight is 231 g/mol. The largest absolute Gasteiger partial charge is 0.508 e. The van der Waals surface area contributed by atoms with Gasteiger partial charge in [-0.1, -0.05) is 0 Å². The van der Waals surface area contributed by atoms with Crippen LogP contribution < -0.4 is 5.73 Å². The Morgan fingerprint density at radius 3 is 2.88 bits per heavy atom. The highest BCUT2D eigenvalue weighted by Crippen LogP contribution is 2.26. The maximum atomic E-state index is 9.23. The Kier molecular flexibility index (Phi) is 2.78. The number of aromatic hydroxyl groups is 1. The maximum Gasteiger partial charge on any atom is 0.169 e. The van der Waals surface area contributed by atoms with Crippen molar-refractivity contribution in [2.24, 2.45) is 10.1 Å². The van der Waals surface area contributed by atoms with Crippen LogP contribution in [0.3, 0.4) is 0 Å². The first-order valence-corrected chi connectivity index (χ1v) is 5.19. The molecule has 1 aromatic carbocycles. The smallest absolute Gasteiger partial charge is 0.169 e. The van der Waals surface area contributed by atoms with Crippen molar-refractivity contribution in [1.82, 2.24) is 5.01 Å². The molecule has 0 unspecified atom stereocenters. The van der Waals surface area contributed by atoms with Crippen LogP contribution in [0.15, 0.2) is 28.3 Å². The highest BCUT2D eigenvalue weighted by molar-refractivity contribution is 6.63. The van der Waals surface area contributed by atoms with Crippen LogP contribution in [0.1, 0.15) is 6.92 Å². The second-order valence-corrected chi connectivity index (χ2v) is 3.55. The van der Waals surface area contributed by atoms with Crippen molar-refractivity contribution in [2.45, 2.75) is 6.92 Å². The van der Waals surface area contributed by atoms with Gasteiger partial charge in [-0.05, 0) is 19.1 Å². The van der Waals surface area contributed by atoms with Crippen molar-refractivity contribution in [3.63, 3.8) is 0 Å². The molecule has 1 heterocycles. The number of nitrogens with zero attached hydrogens (tertiary/aromatic N) is 3. The number of hydrazone groups is 1. The van der Waals surface area contributed by atoms with Crippen LogP contribution >= 0.6 is 0 Å². The van der Waals surface area contributed by atoms with E-state index in [1.807, 2.05) is 6.92 Å². The number of benzene rings is 1. The molecule has 0 radical (unpaired) electrons. The number of hydrogen-bond acceptors (Lipinski definition) is 5. The number of anilines is 1. The van der Waals surface area contributed by atoms with E-state index < -0.39 is 0 Å². The van der Waals surface area contributed by atoms with Gasteiger partial charge in [-0.15, -0.1) is 0 Å².